The standard InChI is InChI=1S/C26H26O6/c1-15-5-3-7-17-21(31-11-9-27)13-19(25(29)23(15)17)20-14-22(32-12-10-28)18-8-4-6-16(2)24(18)26(20)30/h3-8,13-14,27-30H,9-12H2,1-2H3. The zero-order valence-electron chi connectivity index (χ0n) is 18.1. The molecule has 0 heterocycles. The highest BCUT2D eigenvalue weighted by molar-refractivity contribution is 6.06. The summed E-state index contributed by atoms with van der Waals surface area (Å²) < 4.78 is 11.6. The molecule has 0 bridgehead atoms. The lowest BCUT2D eigenvalue weighted by atomic mass is 9.92. The van der Waals surface area contributed by atoms with Crippen molar-refractivity contribution < 1.29 is 29.9 Å². The molecule has 0 aliphatic heterocycles. The number of ether oxygens (including phenoxy) is 2. The van der Waals surface area contributed by atoms with Gasteiger partial charge in [0, 0.05) is 32.7 Å². The quantitative estimate of drug-likeness (QED) is 0.343. The molecule has 32 heavy (non-hydrogen) atoms. The minimum absolute atomic E-state index is 0.0193. The van der Waals surface area contributed by atoms with Gasteiger partial charge in [0.05, 0.1) is 13.2 Å². The second-order valence-electron chi connectivity index (χ2n) is 7.68. The van der Waals surface area contributed by atoms with Gasteiger partial charge in [0.1, 0.15) is 36.2 Å². The Labute approximate surface area is 185 Å². The molecule has 4 aromatic carbocycles. The molecular formula is C26H26O6. The fourth-order valence-electron chi connectivity index (χ4n) is 4.16. The normalized spacial score (nSPS) is 11.2. The smallest absolute Gasteiger partial charge is 0.131 e. The summed E-state index contributed by atoms with van der Waals surface area (Å²) in [4.78, 5) is 0. The van der Waals surface area contributed by atoms with Gasteiger partial charge < -0.3 is 29.9 Å². The first-order valence-corrected chi connectivity index (χ1v) is 10.5. The Morgan fingerprint density at radius 1 is 0.656 bits per heavy atom. The first-order chi connectivity index (χ1) is 15.5. The van der Waals surface area contributed by atoms with E-state index in [2.05, 4.69) is 0 Å². The number of phenolic OH excluding ortho intramolecular Hbond substituents is 2. The van der Waals surface area contributed by atoms with Crippen molar-refractivity contribution in [3.63, 3.8) is 0 Å². The van der Waals surface area contributed by atoms with Crippen LogP contribution in [0.25, 0.3) is 32.7 Å². The highest BCUT2D eigenvalue weighted by atomic mass is 16.5. The van der Waals surface area contributed by atoms with Crippen LogP contribution in [0.5, 0.6) is 23.0 Å². The summed E-state index contributed by atoms with van der Waals surface area (Å²) in [5.41, 5.74) is 2.47. The Kier molecular flexibility index (Phi) is 6.08. The molecule has 4 rings (SSSR count). The molecule has 0 spiro atoms. The van der Waals surface area contributed by atoms with Crippen molar-refractivity contribution in [2.45, 2.75) is 13.8 Å². The van der Waals surface area contributed by atoms with Crippen LogP contribution in [-0.4, -0.2) is 46.9 Å². The Bertz CT molecular complexity index is 1190. The van der Waals surface area contributed by atoms with Gasteiger partial charge in [-0.2, -0.15) is 0 Å². The Morgan fingerprint density at radius 2 is 1.06 bits per heavy atom. The molecule has 0 aliphatic carbocycles. The van der Waals surface area contributed by atoms with Crippen LogP contribution in [0.15, 0.2) is 48.5 Å². The molecule has 0 saturated carbocycles. The summed E-state index contributed by atoms with van der Waals surface area (Å²) in [5, 5.41) is 43.7. The first-order valence-electron chi connectivity index (χ1n) is 10.5. The van der Waals surface area contributed by atoms with E-state index in [9.17, 15) is 20.4 Å². The molecule has 0 unspecified atom stereocenters. The SMILES string of the molecule is Cc1cccc2c(OCCO)cc(-c3cc(OCCO)c4cccc(C)c4c3O)c(O)c12. The van der Waals surface area contributed by atoms with Gasteiger partial charge in [0.15, 0.2) is 0 Å². The predicted molar refractivity (Wildman–Crippen MR) is 125 cm³/mol. The van der Waals surface area contributed by atoms with E-state index in [1.165, 1.54) is 0 Å². The molecule has 0 fully saturated rings. The fraction of sp³-hybridized carbons (Fsp3) is 0.231. The van der Waals surface area contributed by atoms with E-state index in [-0.39, 0.29) is 37.9 Å². The fourth-order valence-corrected chi connectivity index (χ4v) is 4.16. The van der Waals surface area contributed by atoms with Crippen LogP contribution in [-0.2, 0) is 0 Å². The molecule has 0 amide bonds. The largest absolute Gasteiger partial charge is 0.507 e. The number of hydrogen-bond acceptors (Lipinski definition) is 6. The molecule has 0 aromatic heterocycles. The van der Waals surface area contributed by atoms with Crippen LogP contribution in [0.1, 0.15) is 11.1 Å². The maximum absolute atomic E-state index is 11.3. The Morgan fingerprint density at radius 3 is 1.44 bits per heavy atom. The van der Waals surface area contributed by atoms with E-state index in [0.717, 1.165) is 11.1 Å². The van der Waals surface area contributed by atoms with Crippen molar-refractivity contribution in [3.05, 3.63) is 59.7 Å². The Hall–Kier alpha value is -3.48. The third-order valence-electron chi connectivity index (χ3n) is 5.60. The molecule has 6 heteroatoms. The highest BCUT2D eigenvalue weighted by Crippen LogP contribution is 2.49. The van der Waals surface area contributed by atoms with Crippen molar-refractivity contribution in [1.82, 2.24) is 0 Å². The van der Waals surface area contributed by atoms with Gasteiger partial charge in [-0.25, -0.2) is 0 Å². The Balaban J connectivity index is 2.06. The van der Waals surface area contributed by atoms with E-state index < -0.39 is 0 Å². The number of aliphatic hydroxyl groups excluding tert-OH is 2. The molecule has 0 radical (unpaired) electrons. The molecule has 166 valence electrons. The number of aryl methyl sites for hydroxylation is 2. The number of benzene rings is 4. The van der Waals surface area contributed by atoms with Crippen LogP contribution >= 0.6 is 0 Å². The third-order valence-corrected chi connectivity index (χ3v) is 5.60. The predicted octanol–water partition coefficient (Wildman–Crippen LogP) is 4.43. The van der Waals surface area contributed by atoms with Gasteiger partial charge in [-0.15, -0.1) is 0 Å². The van der Waals surface area contributed by atoms with Crippen LogP contribution in [0.2, 0.25) is 0 Å². The molecule has 0 atom stereocenters. The van der Waals surface area contributed by atoms with Crippen LogP contribution < -0.4 is 9.47 Å². The summed E-state index contributed by atoms with van der Waals surface area (Å²) >= 11 is 0. The summed E-state index contributed by atoms with van der Waals surface area (Å²) in [7, 11) is 0. The zero-order chi connectivity index (χ0) is 22.8. The lowest BCUT2D eigenvalue weighted by Gasteiger charge is -2.19. The number of aliphatic hydroxyl groups is 2. The minimum atomic E-state index is -0.150. The molecule has 4 aromatic rings. The van der Waals surface area contributed by atoms with Crippen molar-refractivity contribution in [2.24, 2.45) is 0 Å². The zero-order valence-corrected chi connectivity index (χ0v) is 18.1. The van der Waals surface area contributed by atoms with Gasteiger partial charge in [-0.05, 0) is 37.1 Å². The summed E-state index contributed by atoms with van der Waals surface area (Å²) in [6.45, 7) is 3.68. The van der Waals surface area contributed by atoms with Gasteiger partial charge >= 0.3 is 0 Å². The highest BCUT2D eigenvalue weighted by Gasteiger charge is 2.21. The number of fused-ring (bicyclic) bond motifs is 2. The molecular weight excluding hydrogens is 408 g/mol. The third kappa shape index (κ3) is 3.68. The van der Waals surface area contributed by atoms with E-state index in [0.29, 0.717) is 44.2 Å². The van der Waals surface area contributed by atoms with E-state index in [1.54, 1.807) is 12.1 Å². The van der Waals surface area contributed by atoms with Crippen molar-refractivity contribution in [3.8, 4) is 34.1 Å². The van der Waals surface area contributed by atoms with Gasteiger partial charge in [-0.3, -0.25) is 0 Å². The van der Waals surface area contributed by atoms with Crippen molar-refractivity contribution in [1.29, 1.82) is 0 Å². The van der Waals surface area contributed by atoms with E-state index in [1.807, 2.05) is 50.2 Å². The van der Waals surface area contributed by atoms with Crippen molar-refractivity contribution >= 4 is 21.5 Å². The maximum Gasteiger partial charge on any atom is 0.131 e. The number of aromatic hydroxyl groups is 2. The number of phenols is 2. The molecule has 0 saturated heterocycles. The van der Waals surface area contributed by atoms with Gasteiger partial charge in [-0.1, -0.05) is 36.4 Å². The second kappa shape index (κ2) is 8.94. The second-order valence-corrected chi connectivity index (χ2v) is 7.68. The topological polar surface area (TPSA) is 99.4 Å². The van der Waals surface area contributed by atoms with E-state index >= 15 is 0 Å². The monoisotopic (exact) mass is 434 g/mol. The van der Waals surface area contributed by atoms with E-state index in [4.69, 9.17) is 9.47 Å². The first kappa shape index (κ1) is 21.7. The van der Waals surface area contributed by atoms with Gasteiger partial charge in [0.25, 0.3) is 0 Å². The molecule has 4 N–H and O–H groups in total. The lowest BCUT2D eigenvalue weighted by molar-refractivity contribution is 0.202. The van der Waals surface area contributed by atoms with Gasteiger partial charge in [0.2, 0.25) is 0 Å². The lowest BCUT2D eigenvalue weighted by Crippen LogP contribution is -2.03. The minimum Gasteiger partial charge on any atom is -0.507 e. The van der Waals surface area contributed by atoms with Crippen LogP contribution in [0.3, 0.4) is 0 Å². The summed E-state index contributed by atoms with van der Waals surface area (Å²) in [5.74, 6) is 1.02. The maximum atomic E-state index is 11.3. The summed E-state index contributed by atoms with van der Waals surface area (Å²) in [6, 6.07) is 14.6. The average Bonchev–Trinajstić information content (AvgIpc) is 2.78. The average molecular weight is 434 g/mol. The van der Waals surface area contributed by atoms with Crippen LogP contribution in [0.4, 0.5) is 0 Å². The molecule has 6 nitrogen and oxygen atoms in total. The number of rotatable bonds is 7. The van der Waals surface area contributed by atoms with Crippen LogP contribution in [0, 0.1) is 13.8 Å². The number of hydrogen-bond donors (Lipinski definition) is 4. The summed E-state index contributed by atoms with van der Waals surface area (Å²) in [6.07, 6.45) is 0. The van der Waals surface area contributed by atoms with Crippen molar-refractivity contribution in [2.75, 3.05) is 26.4 Å². The molecule has 0 aliphatic rings.